The van der Waals surface area contributed by atoms with Gasteiger partial charge in [0.15, 0.2) is 0 Å². The van der Waals surface area contributed by atoms with E-state index >= 15 is 0 Å². The van der Waals surface area contributed by atoms with Crippen LogP contribution in [0.2, 0.25) is 0 Å². The molecule has 0 bridgehead atoms. The molecule has 0 radical (unpaired) electrons. The van der Waals surface area contributed by atoms with Gasteiger partial charge in [-0.05, 0) is 24.0 Å². The van der Waals surface area contributed by atoms with Crippen molar-refractivity contribution in [3.63, 3.8) is 0 Å². The molecule has 1 nitrogen and oxygen atoms in total. The lowest BCUT2D eigenvalue weighted by molar-refractivity contribution is 0.176. The zero-order chi connectivity index (χ0) is 9.68. The van der Waals surface area contributed by atoms with Crippen LogP contribution in [0.1, 0.15) is 25.3 Å². The van der Waals surface area contributed by atoms with Gasteiger partial charge in [0.2, 0.25) is 0 Å². The molecule has 0 amide bonds. The Morgan fingerprint density at radius 1 is 1.38 bits per heavy atom. The molecule has 1 aromatic carbocycles. The maximum Gasteiger partial charge on any atom is 0.0577 e. The minimum atomic E-state index is -0.257. The maximum atomic E-state index is 9.43. The van der Waals surface area contributed by atoms with Gasteiger partial charge in [0.05, 0.1) is 6.10 Å². The Morgan fingerprint density at radius 3 is 2.54 bits per heavy atom. The summed E-state index contributed by atoms with van der Waals surface area (Å²) in [6, 6.07) is 9.99. The van der Waals surface area contributed by atoms with Crippen LogP contribution in [0.5, 0.6) is 0 Å². The lowest BCUT2D eigenvalue weighted by atomic mass is 10.0. The highest BCUT2D eigenvalue weighted by Gasteiger charge is 2.04. The molecular formula is C12H16O. The Morgan fingerprint density at radius 2 is 2.00 bits per heavy atom. The average Bonchev–Trinajstić information content (AvgIpc) is 2.19. The Balaban J connectivity index is 2.59. The molecule has 0 aliphatic carbocycles. The number of hydrogen-bond acceptors (Lipinski definition) is 1. The molecule has 70 valence electrons. The smallest absolute Gasteiger partial charge is 0.0577 e. The lowest BCUT2D eigenvalue weighted by Gasteiger charge is -2.09. The molecule has 0 aliphatic rings. The molecule has 1 N–H and O–H groups in total. The summed E-state index contributed by atoms with van der Waals surface area (Å²) in [6.45, 7) is 5.93. The molecule has 1 rings (SSSR count). The van der Waals surface area contributed by atoms with Gasteiger partial charge in [-0.2, -0.15) is 0 Å². The number of aliphatic hydroxyl groups excluding tert-OH is 1. The fraction of sp³-hybridized carbons (Fsp3) is 0.333. The van der Waals surface area contributed by atoms with Crippen molar-refractivity contribution in [2.24, 2.45) is 0 Å². The second kappa shape index (κ2) is 4.83. The van der Waals surface area contributed by atoms with Crippen LogP contribution in [0.4, 0.5) is 0 Å². The third-order valence-electron chi connectivity index (χ3n) is 2.14. The first-order valence-corrected chi connectivity index (χ1v) is 4.65. The SMILES string of the molecule is C=C(CC(O)CC)c1ccccc1. The molecule has 0 heterocycles. The normalized spacial score (nSPS) is 12.5. The first-order chi connectivity index (χ1) is 6.24. The van der Waals surface area contributed by atoms with E-state index in [1.807, 2.05) is 37.3 Å². The minimum Gasteiger partial charge on any atom is -0.393 e. The van der Waals surface area contributed by atoms with Gasteiger partial charge in [-0.3, -0.25) is 0 Å². The second-order valence-electron chi connectivity index (χ2n) is 3.24. The first kappa shape index (κ1) is 10.0. The third kappa shape index (κ3) is 3.03. The summed E-state index contributed by atoms with van der Waals surface area (Å²) in [5, 5.41) is 9.43. The molecule has 1 aromatic rings. The van der Waals surface area contributed by atoms with Gasteiger partial charge >= 0.3 is 0 Å². The summed E-state index contributed by atoms with van der Waals surface area (Å²) in [7, 11) is 0. The summed E-state index contributed by atoms with van der Waals surface area (Å²) in [6.07, 6.45) is 1.19. The summed E-state index contributed by atoms with van der Waals surface area (Å²) in [4.78, 5) is 0. The standard InChI is InChI=1S/C12H16O/c1-3-12(13)9-10(2)11-7-5-4-6-8-11/h4-8,12-13H,2-3,9H2,1H3. The van der Waals surface area contributed by atoms with Crippen LogP contribution < -0.4 is 0 Å². The number of benzene rings is 1. The summed E-state index contributed by atoms with van der Waals surface area (Å²) >= 11 is 0. The summed E-state index contributed by atoms with van der Waals surface area (Å²) < 4.78 is 0. The fourth-order valence-corrected chi connectivity index (χ4v) is 1.22. The van der Waals surface area contributed by atoms with Crippen LogP contribution >= 0.6 is 0 Å². The van der Waals surface area contributed by atoms with Gasteiger partial charge in [-0.1, -0.05) is 43.8 Å². The van der Waals surface area contributed by atoms with E-state index in [1.165, 1.54) is 0 Å². The molecule has 0 saturated carbocycles. The van der Waals surface area contributed by atoms with E-state index in [0.717, 1.165) is 17.6 Å². The van der Waals surface area contributed by atoms with Gasteiger partial charge < -0.3 is 5.11 Å². The van der Waals surface area contributed by atoms with Crippen molar-refractivity contribution < 1.29 is 5.11 Å². The van der Waals surface area contributed by atoms with E-state index in [-0.39, 0.29) is 6.10 Å². The Kier molecular flexibility index (Phi) is 3.71. The van der Waals surface area contributed by atoms with Gasteiger partial charge in [-0.25, -0.2) is 0 Å². The van der Waals surface area contributed by atoms with Crippen LogP contribution in [0.25, 0.3) is 5.57 Å². The van der Waals surface area contributed by atoms with Crippen molar-refractivity contribution in [3.05, 3.63) is 42.5 Å². The van der Waals surface area contributed by atoms with E-state index < -0.39 is 0 Å². The monoisotopic (exact) mass is 176 g/mol. The molecule has 1 unspecified atom stereocenters. The highest BCUT2D eigenvalue weighted by molar-refractivity contribution is 5.63. The number of hydrogen-bond donors (Lipinski definition) is 1. The molecule has 13 heavy (non-hydrogen) atoms. The van der Waals surface area contributed by atoms with Crippen molar-refractivity contribution in [1.82, 2.24) is 0 Å². The lowest BCUT2D eigenvalue weighted by Crippen LogP contribution is -2.04. The van der Waals surface area contributed by atoms with Crippen LogP contribution in [0.15, 0.2) is 36.9 Å². The van der Waals surface area contributed by atoms with E-state index in [9.17, 15) is 5.11 Å². The molecule has 0 aromatic heterocycles. The number of aliphatic hydroxyl groups is 1. The first-order valence-electron chi connectivity index (χ1n) is 4.65. The van der Waals surface area contributed by atoms with Gasteiger partial charge in [-0.15, -0.1) is 0 Å². The largest absolute Gasteiger partial charge is 0.393 e. The van der Waals surface area contributed by atoms with Gasteiger partial charge in [0, 0.05) is 0 Å². The summed E-state index contributed by atoms with van der Waals surface area (Å²) in [5.74, 6) is 0. The van der Waals surface area contributed by atoms with Gasteiger partial charge in [0.1, 0.15) is 0 Å². The van der Waals surface area contributed by atoms with Crippen LogP contribution in [0, 0.1) is 0 Å². The van der Waals surface area contributed by atoms with Crippen LogP contribution in [-0.2, 0) is 0 Å². The van der Waals surface area contributed by atoms with E-state index in [2.05, 4.69) is 6.58 Å². The molecule has 1 atom stereocenters. The molecular weight excluding hydrogens is 160 g/mol. The third-order valence-corrected chi connectivity index (χ3v) is 2.14. The molecule has 0 saturated heterocycles. The molecule has 1 heteroatoms. The minimum absolute atomic E-state index is 0.257. The van der Waals surface area contributed by atoms with E-state index in [4.69, 9.17) is 0 Å². The van der Waals surface area contributed by atoms with Crippen molar-refractivity contribution >= 4 is 5.57 Å². The quantitative estimate of drug-likeness (QED) is 0.748. The van der Waals surface area contributed by atoms with Crippen molar-refractivity contribution in [1.29, 1.82) is 0 Å². The van der Waals surface area contributed by atoms with Crippen molar-refractivity contribution in [2.45, 2.75) is 25.9 Å². The predicted molar refractivity (Wildman–Crippen MR) is 56.4 cm³/mol. The highest BCUT2D eigenvalue weighted by atomic mass is 16.3. The second-order valence-corrected chi connectivity index (χ2v) is 3.24. The Hall–Kier alpha value is -1.08. The highest BCUT2D eigenvalue weighted by Crippen LogP contribution is 2.18. The van der Waals surface area contributed by atoms with E-state index in [0.29, 0.717) is 6.42 Å². The topological polar surface area (TPSA) is 20.2 Å². The molecule has 0 spiro atoms. The maximum absolute atomic E-state index is 9.43. The number of rotatable bonds is 4. The summed E-state index contributed by atoms with van der Waals surface area (Å²) in [5.41, 5.74) is 2.13. The van der Waals surface area contributed by atoms with Crippen LogP contribution in [-0.4, -0.2) is 11.2 Å². The van der Waals surface area contributed by atoms with Crippen molar-refractivity contribution in [3.8, 4) is 0 Å². The van der Waals surface area contributed by atoms with E-state index in [1.54, 1.807) is 0 Å². The fourth-order valence-electron chi connectivity index (χ4n) is 1.22. The zero-order valence-electron chi connectivity index (χ0n) is 8.03. The predicted octanol–water partition coefficient (Wildman–Crippen LogP) is 2.86. The van der Waals surface area contributed by atoms with Crippen molar-refractivity contribution in [2.75, 3.05) is 0 Å². The zero-order valence-corrected chi connectivity index (χ0v) is 8.03. The molecule has 0 aliphatic heterocycles. The molecule has 0 fully saturated rings. The Labute approximate surface area is 79.7 Å². The van der Waals surface area contributed by atoms with Crippen LogP contribution in [0.3, 0.4) is 0 Å². The Bertz CT molecular complexity index is 264. The average molecular weight is 176 g/mol. The van der Waals surface area contributed by atoms with Gasteiger partial charge in [0.25, 0.3) is 0 Å².